The lowest BCUT2D eigenvalue weighted by molar-refractivity contribution is 0.0992. The molecule has 0 fully saturated rings. The predicted molar refractivity (Wildman–Crippen MR) is 72.8 cm³/mol. The number of carbonyl (C=O) groups is 1. The van der Waals surface area contributed by atoms with E-state index in [0.29, 0.717) is 17.2 Å². The molecule has 0 aliphatic heterocycles. The fourth-order valence-electron chi connectivity index (χ4n) is 1.54. The van der Waals surface area contributed by atoms with E-state index >= 15 is 0 Å². The highest BCUT2D eigenvalue weighted by molar-refractivity contribution is 7.86. The Bertz CT molecular complexity index is 407. The Morgan fingerprint density at radius 1 is 1.18 bits per heavy atom. The van der Waals surface area contributed by atoms with E-state index in [0.717, 1.165) is 5.56 Å². The summed E-state index contributed by atoms with van der Waals surface area (Å²) in [6, 6.07) is 7.43. The van der Waals surface area contributed by atoms with Gasteiger partial charge in [-0.2, -0.15) is 0 Å². The summed E-state index contributed by atoms with van der Waals surface area (Å²) in [5.41, 5.74) is 1.78. The molecule has 94 valence electrons. The van der Waals surface area contributed by atoms with Crippen molar-refractivity contribution in [2.24, 2.45) is 5.92 Å². The lowest BCUT2D eigenvalue weighted by Gasteiger charge is -2.12. The number of ketones is 1. The SMILES string of the molecule is Cc1ccc(C(=O)C(C)S(=O)CC(C)C)cc1. The first kappa shape index (κ1) is 14.1. The van der Waals surface area contributed by atoms with Crippen LogP contribution in [0.5, 0.6) is 0 Å². The molecule has 2 unspecified atom stereocenters. The van der Waals surface area contributed by atoms with Crippen LogP contribution in [-0.4, -0.2) is 21.0 Å². The average Bonchev–Trinajstić information content (AvgIpc) is 2.27. The molecule has 0 spiro atoms. The largest absolute Gasteiger partial charge is 0.293 e. The summed E-state index contributed by atoms with van der Waals surface area (Å²) in [6.45, 7) is 7.76. The lowest BCUT2D eigenvalue weighted by atomic mass is 10.1. The van der Waals surface area contributed by atoms with Gasteiger partial charge < -0.3 is 0 Å². The quantitative estimate of drug-likeness (QED) is 0.755. The van der Waals surface area contributed by atoms with Crippen LogP contribution in [0, 0.1) is 12.8 Å². The van der Waals surface area contributed by atoms with Crippen LogP contribution < -0.4 is 0 Å². The minimum Gasteiger partial charge on any atom is -0.293 e. The van der Waals surface area contributed by atoms with Gasteiger partial charge >= 0.3 is 0 Å². The summed E-state index contributed by atoms with van der Waals surface area (Å²) in [5, 5.41) is -0.417. The van der Waals surface area contributed by atoms with Crippen molar-refractivity contribution in [3.63, 3.8) is 0 Å². The maximum atomic E-state index is 12.1. The van der Waals surface area contributed by atoms with E-state index in [1.165, 1.54) is 0 Å². The molecule has 0 heterocycles. The monoisotopic (exact) mass is 252 g/mol. The Labute approximate surface area is 106 Å². The fraction of sp³-hybridized carbons (Fsp3) is 0.500. The van der Waals surface area contributed by atoms with E-state index in [2.05, 4.69) is 0 Å². The lowest BCUT2D eigenvalue weighted by Crippen LogP contribution is -2.26. The van der Waals surface area contributed by atoms with Crippen molar-refractivity contribution < 1.29 is 9.00 Å². The maximum absolute atomic E-state index is 12.1. The van der Waals surface area contributed by atoms with Gasteiger partial charge in [-0.3, -0.25) is 9.00 Å². The van der Waals surface area contributed by atoms with Crippen LogP contribution in [0.1, 0.15) is 36.7 Å². The van der Waals surface area contributed by atoms with E-state index in [1.54, 1.807) is 19.1 Å². The van der Waals surface area contributed by atoms with Gasteiger partial charge in [-0.25, -0.2) is 0 Å². The van der Waals surface area contributed by atoms with E-state index in [1.807, 2.05) is 32.9 Å². The van der Waals surface area contributed by atoms with Crippen molar-refractivity contribution in [3.05, 3.63) is 35.4 Å². The number of rotatable bonds is 5. The second-order valence-corrected chi connectivity index (χ2v) is 6.62. The molecule has 0 aliphatic carbocycles. The van der Waals surface area contributed by atoms with E-state index < -0.39 is 16.0 Å². The van der Waals surface area contributed by atoms with Crippen LogP contribution in [0.2, 0.25) is 0 Å². The molecule has 1 aromatic rings. The highest BCUT2D eigenvalue weighted by atomic mass is 32.2. The number of benzene rings is 1. The molecule has 0 saturated heterocycles. The Morgan fingerprint density at radius 3 is 2.18 bits per heavy atom. The first-order valence-corrected chi connectivity index (χ1v) is 7.28. The molecule has 1 rings (SSSR count). The Kier molecular flexibility index (Phi) is 5.06. The Balaban J connectivity index is 2.76. The summed E-state index contributed by atoms with van der Waals surface area (Å²) in [5.74, 6) is 0.909. The average molecular weight is 252 g/mol. The van der Waals surface area contributed by atoms with E-state index in [9.17, 15) is 9.00 Å². The summed E-state index contributed by atoms with van der Waals surface area (Å²) in [7, 11) is -1.08. The van der Waals surface area contributed by atoms with Gasteiger partial charge in [0.05, 0.1) is 5.25 Å². The first-order valence-electron chi connectivity index (χ1n) is 5.90. The molecule has 0 N–H and O–H groups in total. The Hall–Kier alpha value is -0.960. The summed E-state index contributed by atoms with van der Waals surface area (Å²) in [4.78, 5) is 12.1. The van der Waals surface area contributed by atoms with Gasteiger partial charge in [0.1, 0.15) is 0 Å². The standard InChI is InChI=1S/C14H20O2S/c1-10(2)9-17(16)12(4)14(15)13-7-5-11(3)6-8-13/h5-8,10,12H,9H2,1-4H3. The van der Waals surface area contributed by atoms with Crippen molar-refractivity contribution in [2.75, 3.05) is 5.75 Å². The van der Waals surface area contributed by atoms with Crippen LogP contribution >= 0.6 is 0 Å². The summed E-state index contributed by atoms with van der Waals surface area (Å²) in [6.07, 6.45) is 0. The summed E-state index contributed by atoms with van der Waals surface area (Å²) >= 11 is 0. The molecule has 0 bridgehead atoms. The second kappa shape index (κ2) is 6.10. The van der Waals surface area contributed by atoms with Crippen molar-refractivity contribution in [3.8, 4) is 0 Å². The second-order valence-electron chi connectivity index (χ2n) is 4.81. The zero-order valence-electron chi connectivity index (χ0n) is 10.9. The van der Waals surface area contributed by atoms with Gasteiger partial charge in [-0.05, 0) is 19.8 Å². The molecule has 0 aromatic heterocycles. The predicted octanol–water partition coefficient (Wildman–Crippen LogP) is 2.97. The first-order chi connectivity index (χ1) is 7.91. The molecule has 2 nitrogen and oxygen atoms in total. The molecule has 3 heteroatoms. The number of hydrogen-bond donors (Lipinski definition) is 0. The molecule has 2 atom stereocenters. The molecule has 17 heavy (non-hydrogen) atoms. The molecule has 0 saturated carbocycles. The van der Waals surface area contributed by atoms with Crippen molar-refractivity contribution in [1.29, 1.82) is 0 Å². The molecule has 1 aromatic carbocycles. The smallest absolute Gasteiger partial charge is 0.178 e. The van der Waals surface area contributed by atoms with Gasteiger partial charge in [0.2, 0.25) is 0 Å². The van der Waals surface area contributed by atoms with Crippen LogP contribution in [-0.2, 0) is 10.8 Å². The number of hydrogen-bond acceptors (Lipinski definition) is 2. The molecular formula is C14H20O2S. The summed E-state index contributed by atoms with van der Waals surface area (Å²) < 4.78 is 11.9. The van der Waals surface area contributed by atoms with Crippen molar-refractivity contribution in [1.82, 2.24) is 0 Å². The zero-order valence-corrected chi connectivity index (χ0v) is 11.7. The normalized spacial score (nSPS) is 14.6. The fourth-order valence-corrected chi connectivity index (χ4v) is 2.87. The van der Waals surface area contributed by atoms with E-state index in [4.69, 9.17) is 0 Å². The van der Waals surface area contributed by atoms with Gasteiger partial charge in [-0.1, -0.05) is 43.7 Å². The number of aryl methyl sites for hydroxylation is 1. The van der Waals surface area contributed by atoms with E-state index in [-0.39, 0.29) is 5.78 Å². The van der Waals surface area contributed by atoms with Crippen LogP contribution in [0.15, 0.2) is 24.3 Å². The van der Waals surface area contributed by atoms with Gasteiger partial charge in [0, 0.05) is 22.1 Å². The van der Waals surface area contributed by atoms with Crippen LogP contribution in [0.25, 0.3) is 0 Å². The third kappa shape index (κ3) is 4.08. The highest BCUT2D eigenvalue weighted by Gasteiger charge is 2.21. The maximum Gasteiger partial charge on any atom is 0.178 e. The van der Waals surface area contributed by atoms with Gasteiger partial charge in [0.25, 0.3) is 0 Å². The molecule has 0 radical (unpaired) electrons. The zero-order chi connectivity index (χ0) is 13.0. The van der Waals surface area contributed by atoms with Crippen LogP contribution in [0.3, 0.4) is 0 Å². The van der Waals surface area contributed by atoms with Gasteiger partial charge in [0.15, 0.2) is 5.78 Å². The Morgan fingerprint density at radius 2 is 1.71 bits per heavy atom. The number of Topliss-reactive ketones (excluding diaryl/α,β-unsaturated/α-hetero) is 1. The third-order valence-corrected chi connectivity index (χ3v) is 4.60. The molecular weight excluding hydrogens is 232 g/mol. The highest BCUT2D eigenvalue weighted by Crippen LogP contribution is 2.11. The van der Waals surface area contributed by atoms with Gasteiger partial charge in [-0.15, -0.1) is 0 Å². The molecule has 0 amide bonds. The van der Waals surface area contributed by atoms with Crippen molar-refractivity contribution in [2.45, 2.75) is 32.9 Å². The van der Waals surface area contributed by atoms with Crippen LogP contribution in [0.4, 0.5) is 0 Å². The topological polar surface area (TPSA) is 34.1 Å². The third-order valence-electron chi connectivity index (χ3n) is 2.60. The van der Waals surface area contributed by atoms with Crippen molar-refractivity contribution >= 4 is 16.6 Å². The number of carbonyl (C=O) groups excluding carboxylic acids is 1. The minimum absolute atomic E-state index is 0.0241. The minimum atomic E-state index is -1.08. The molecule has 0 aliphatic rings.